The molecule has 28 heavy (non-hydrogen) atoms. The summed E-state index contributed by atoms with van der Waals surface area (Å²) in [5.74, 6) is 1.13. The van der Waals surface area contributed by atoms with Gasteiger partial charge in [-0.3, -0.25) is 9.59 Å². The van der Waals surface area contributed by atoms with Gasteiger partial charge in [0, 0.05) is 5.41 Å². The molecule has 0 saturated heterocycles. The summed E-state index contributed by atoms with van der Waals surface area (Å²) in [7, 11) is 1.30. The number of ether oxygens (including phenoxy) is 2. The van der Waals surface area contributed by atoms with Crippen molar-refractivity contribution in [3.63, 3.8) is 0 Å². The van der Waals surface area contributed by atoms with E-state index in [-0.39, 0.29) is 11.8 Å². The molecule has 4 nitrogen and oxygen atoms in total. The van der Waals surface area contributed by atoms with Crippen LogP contribution in [-0.4, -0.2) is 25.7 Å². The highest BCUT2D eigenvalue weighted by molar-refractivity contribution is 5.91. The topological polar surface area (TPSA) is 52.6 Å². The van der Waals surface area contributed by atoms with Crippen molar-refractivity contribution in [3.8, 4) is 0 Å². The number of carbonyl (C=O) groups excluding carboxylic acids is 2. The third-order valence-corrected chi connectivity index (χ3v) is 9.40. The Hall–Kier alpha value is -1.32. The van der Waals surface area contributed by atoms with Crippen LogP contribution in [0.4, 0.5) is 0 Å². The van der Waals surface area contributed by atoms with Crippen LogP contribution in [0.1, 0.15) is 78.6 Å². The molecule has 0 aromatic rings. The number of hydrogen-bond donors (Lipinski definition) is 0. The molecule has 156 valence electrons. The van der Waals surface area contributed by atoms with Crippen LogP contribution in [0.5, 0.6) is 0 Å². The number of esters is 2. The van der Waals surface area contributed by atoms with Crippen molar-refractivity contribution in [2.24, 2.45) is 34.0 Å². The van der Waals surface area contributed by atoms with Crippen LogP contribution in [0.25, 0.3) is 0 Å². The van der Waals surface area contributed by atoms with Crippen molar-refractivity contribution in [3.05, 3.63) is 11.6 Å². The van der Waals surface area contributed by atoms with Crippen molar-refractivity contribution < 1.29 is 19.1 Å². The SMILES string of the molecule is COC(=O)CC(=O)OC[C@]1(C)CCC[C@]2(C)[C@H]1CC[C@@H]1C=C(C)[C@H]3CC[C@]12C3. The highest BCUT2D eigenvalue weighted by Crippen LogP contribution is 2.73. The molecular weight excluding hydrogens is 352 g/mol. The van der Waals surface area contributed by atoms with Gasteiger partial charge in [0.05, 0.1) is 13.7 Å². The van der Waals surface area contributed by atoms with Crippen LogP contribution in [0.2, 0.25) is 0 Å². The predicted octanol–water partition coefficient (Wildman–Crippen LogP) is 5.06. The lowest BCUT2D eigenvalue weighted by molar-refractivity contribution is -0.179. The molecule has 0 heterocycles. The summed E-state index contributed by atoms with van der Waals surface area (Å²) in [6.07, 6.45) is 12.5. The fourth-order valence-corrected chi connectivity index (χ4v) is 7.96. The third-order valence-electron chi connectivity index (χ3n) is 9.40. The van der Waals surface area contributed by atoms with Crippen molar-refractivity contribution in [2.75, 3.05) is 13.7 Å². The molecule has 3 fully saturated rings. The van der Waals surface area contributed by atoms with Crippen LogP contribution in [-0.2, 0) is 19.1 Å². The minimum atomic E-state index is -0.524. The first-order valence-electron chi connectivity index (χ1n) is 11.1. The first kappa shape index (κ1) is 20.0. The molecule has 0 N–H and O–H groups in total. The van der Waals surface area contributed by atoms with Crippen LogP contribution in [0, 0.1) is 34.0 Å². The van der Waals surface area contributed by atoms with E-state index < -0.39 is 11.9 Å². The van der Waals surface area contributed by atoms with E-state index in [0.29, 0.717) is 23.4 Å². The molecule has 1 spiro atoms. The minimum absolute atomic E-state index is 0.00674. The van der Waals surface area contributed by atoms with Crippen LogP contribution < -0.4 is 0 Å². The standard InChI is InChI=1S/C24H36O4/c1-16-12-18-6-7-19-22(2,15-28-21(26)13-20(25)27-4)9-5-10-23(19,3)24(18)11-8-17(16)14-24/h12,17-19H,5-11,13-15H2,1-4H3/t17-,18+,19-,22-,23+,24-/m0/s1. The Morgan fingerprint density at radius 1 is 1.11 bits per heavy atom. The van der Waals surface area contributed by atoms with Crippen LogP contribution >= 0.6 is 0 Å². The highest BCUT2D eigenvalue weighted by Gasteiger charge is 2.65. The minimum Gasteiger partial charge on any atom is -0.469 e. The molecule has 0 aromatic heterocycles. The Kier molecular flexibility index (Phi) is 4.91. The molecule has 4 heteroatoms. The Morgan fingerprint density at radius 3 is 2.64 bits per heavy atom. The van der Waals surface area contributed by atoms with Gasteiger partial charge in [0.1, 0.15) is 6.42 Å². The molecule has 6 atom stereocenters. The van der Waals surface area contributed by atoms with E-state index in [1.165, 1.54) is 52.1 Å². The molecule has 0 unspecified atom stereocenters. The first-order chi connectivity index (χ1) is 13.2. The lowest BCUT2D eigenvalue weighted by Gasteiger charge is -2.65. The smallest absolute Gasteiger partial charge is 0.317 e. The molecular formula is C24H36O4. The summed E-state index contributed by atoms with van der Waals surface area (Å²) in [4.78, 5) is 23.5. The zero-order valence-electron chi connectivity index (χ0n) is 18.0. The molecule has 4 rings (SSSR count). The molecule has 4 aliphatic carbocycles. The van der Waals surface area contributed by atoms with Crippen molar-refractivity contribution in [1.82, 2.24) is 0 Å². The van der Waals surface area contributed by atoms with E-state index in [1.807, 2.05) is 0 Å². The summed E-state index contributed by atoms with van der Waals surface area (Å²) in [6.45, 7) is 7.67. The third kappa shape index (κ3) is 2.85. The van der Waals surface area contributed by atoms with Gasteiger partial charge in [0.2, 0.25) is 0 Å². The molecule has 2 bridgehead atoms. The second-order valence-electron chi connectivity index (χ2n) is 10.6. The number of hydrogen-bond acceptors (Lipinski definition) is 4. The number of allylic oxidation sites excluding steroid dienone is 2. The first-order valence-corrected chi connectivity index (χ1v) is 11.1. The Morgan fingerprint density at radius 2 is 1.89 bits per heavy atom. The number of methoxy groups -OCH3 is 1. The Bertz CT molecular complexity index is 697. The predicted molar refractivity (Wildman–Crippen MR) is 107 cm³/mol. The molecule has 0 aromatic carbocycles. The van der Waals surface area contributed by atoms with E-state index in [0.717, 1.165) is 18.3 Å². The summed E-state index contributed by atoms with van der Waals surface area (Å²) in [6, 6.07) is 0. The monoisotopic (exact) mass is 388 g/mol. The van der Waals surface area contributed by atoms with Gasteiger partial charge in [-0.1, -0.05) is 31.9 Å². The lowest BCUT2D eigenvalue weighted by Crippen LogP contribution is -2.59. The van der Waals surface area contributed by atoms with Gasteiger partial charge < -0.3 is 9.47 Å². The second-order valence-corrected chi connectivity index (χ2v) is 10.6. The van der Waals surface area contributed by atoms with Crippen LogP contribution in [0.3, 0.4) is 0 Å². The zero-order chi connectivity index (χ0) is 20.2. The molecule has 0 radical (unpaired) electrons. The lowest BCUT2D eigenvalue weighted by atomic mass is 9.39. The van der Waals surface area contributed by atoms with Gasteiger partial charge in [0.15, 0.2) is 0 Å². The van der Waals surface area contributed by atoms with Gasteiger partial charge in [-0.2, -0.15) is 0 Å². The van der Waals surface area contributed by atoms with Gasteiger partial charge >= 0.3 is 11.9 Å². The summed E-state index contributed by atoms with van der Waals surface area (Å²) < 4.78 is 10.2. The maximum absolute atomic E-state index is 12.1. The zero-order valence-corrected chi connectivity index (χ0v) is 18.0. The van der Waals surface area contributed by atoms with E-state index in [4.69, 9.17) is 4.74 Å². The molecule has 0 aliphatic heterocycles. The van der Waals surface area contributed by atoms with Crippen molar-refractivity contribution in [2.45, 2.75) is 78.6 Å². The number of fused-ring (bicyclic) bond motifs is 2. The number of carbonyl (C=O) groups is 2. The normalized spacial score (nSPS) is 44.1. The van der Waals surface area contributed by atoms with E-state index in [9.17, 15) is 9.59 Å². The van der Waals surface area contributed by atoms with Gasteiger partial charge in [0.25, 0.3) is 0 Å². The Labute approximate surface area is 169 Å². The van der Waals surface area contributed by atoms with Gasteiger partial charge in [-0.25, -0.2) is 0 Å². The number of rotatable bonds is 4. The van der Waals surface area contributed by atoms with Gasteiger partial charge in [-0.05, 0) is 80.5 Å². The molecule has 3 saturated carbocycles. The molecule has 4 aliphatic rings. The van der Waals surface area contributed by atoms with Crippen LogP contribution in [0.15, 0.2) is 11.6 Å². The van der Waals surface area contributed by atoms with E-state index in [2.05, 4.69) is 31.6 Å². The fourth-order valence-electron chi connectivity index (χ4n) is 7.96. The highest BCUT2D eigenvalue weighted by atomic mass is 16.5. The maximum Gasteiger partial charge on any atom is 0.317 e. The largest absolute Gasteiger partial charge is 0.469 e. The van der Waals surface area contributed by atoms with Crippen molar-refractivity contribution in [1.29, 1.82) is 0 Å². The average molecular weight is 389 g/mol. The molecule has 0 amide bonds. The summed E-state index contributed by atoms with van der Waals surface area (Å²) >= 11 is 0. The van der Waals surface area contributed by atoms with E-state index >= 15 is 0 Å². The average Bonchev–Trinajstić information content (AvgIpc) is 3.05. The van der Waals surface area contributed by atoms with Crippen molar-refractivity contribution >= 4 is 11.9 Å². The maximum atomic E-state index is 12.1. The van der Waals surface area contributed by atoms with Gasteiger partial charge in [-0.15, -0.1) is 0 Å². The Balaban J connectivity index is 1.55. The summed E-state index contributed by atoms with van der Waals surface area (Å²) in [5.41, 5.74) is 2.41. The second kappa shape index (κ2) is 6.88. The quantitative estimate of drug-likeness (QED) is 0.384. The summed E-state index contributed by atoms with van der Waals surface area (Å²) in [5, 5.41) is 0. The van der Waals surface area contributed by atoms with E-state index in [1.54, 1.807) is 5.57 Å². The fraction of sp³-hybridized carbons (Fsp3) is 0.833.